The molecule has 0 bridgehead atoms. The molecule has 2 atom stereocenters. The number of rotatable bonds is 6. The van der Waals surface area contributed by atoms with Crippen LogP contribution >= 0.6 is 11.8 Å². The van der Waals surface area contributed by atoms with Gasteiger partial charge in [0.05, 0.1) is 6.10 Å². The van der Waals surface area contributed by atoms with E-state index in [2.05, 4.69) is 63.5 Å². The molecule has 3 heteroatoms. The second-order valence-corrected chi connectivity index (χ2v) is 7.58. The minimum atomic E-state index is 0.201. The summed E-state index contributed by atoms with van der Waals surface area (Å²) in [5.74, 6) is 0.608. The maximum absolute atomic E-state index is 6.02. The monoisotopic (exact) mass is 293 g/mol. The normalized spacial score (nSPS) is 24.5. The molecule has 0 amide bonds. The molecule has 1 aliphatic carbocycles. The second kappa shape index (κ2) is 6.40. The van der Waals surface area contributed by atoms with Crippen LogP contribution in [0.25, 0.3) is 0 Å². The van der Waals surface area contributed by atoms with Crippen molar-refractivity contribution in [1.82, 2.24) is 0 Å². The number of nitrogens with one attached hydrogen (secondary N) is 1. The highest BCUT2D eigenvalue weighted by Crippen LogP contribution is 2.44. The average molecular weight is 293 g/mol. The Bertz CT molecular complexity index is 427. The molecule has 1 aromatic rings. The van der Waals surface area contributed by atoms with Crippen LogP contribution in [0.4, 0.5) is 5.69 Å². The Morgan fingerprint density at radius 3 is 2.45 bits per heavy atom. The van der Waals surface area contributed by atoms with E-state index in [0.717, 1.165) is 13.0 Å². The molecule has 0 radical (unpaired) electrons. The lowest BCUT2D eigenvalue weighted by atomic mass is 9.64. The van der Waals surface area contributed by atoms with Gasteiger partial charge in [0.15, 0.2) is 0 Å². The molecular formula is C17H27NOS. The number of anilines is 1. The zero-order valence-corrected chi connectivity index (χ0v) is 14.1. The molecule has 112 valence electrons. The van der Waals surface area contributed by atoms with Crippen LogP contribution in [-0.4, -0.2) is 25.0 Å². The van der Waals surface area contributed by atoms with Crippen molar-refractivity contribution < 1.29 is 4.74 Å². The smallest absolute Gasteiger partial charge is 0.0665 e. The summed E-state index contributed by atoms with van der Waals surface area (Å²) in [4.78, 5) is 1.31. The van der Waals surface area contributed by atoms with Crippen LogP contribution in [0.2, 0.25) is 0 Å². The van der Waals surface area contributed by atoms with E-state index in [0.29, 0.717) is 18.1 Å². The van der Waals surface area contributed by atoms with E-state index in [4.69, 9.17) is 4.74 Å². The summed E-state index contributed by atoms with van der Waals surface area (Å²) in [6.07, 6.45) is 3.59. The molecule has 1 N–H and O–H groups in total. The summed E-state index contributed by atoms with van der Waals surface area (Å²) in [6, 6.07) is 9.19. The van der Waals surface area contributed by atoms with Gasteiger partial charge in [0, 0.05) is 28.6 Å². The molecule has 0 saturated heterocycles. The average Bonchev–Trinajstić information content (AvgIpc) is 2.42. The van der Waals surface area contributed by atoms with Crippen LogP contribution in [0.5, 0.6) is 0 Å². The van der Waals surface area contributed by atoms with Crippen LogP contribution in [0.3, 0.4) is 0 Å². The molecule has 0 heterocycles. The Morgan fingerprint density at radius 1 is 1.30 bits per heavy atom. The van der Waals surface area contributed by atoms with Crippen LogP contribution in [0.15, 0.2) is 29.2 Å². The molecule has 1 aliphatic rings. The van der Waals surface area contributed by atoms with Crippen molar-refractivity contribution in [3.63, 3.8) is 0 Å². The Hall–Kier alpha value is -0.670. The predicted molar refractivity (Wildman–Crippen MR) is 88.6 cm³/mol. The van der Waals surface area contributed by atoms with Crippen molar-refractivity contribution in [3.8, 4) is 0 Å². The summed E-state index contributed by atoms with van der Waals surface area (Å²) in [6.45, 7) is 9.87. The zero-order chi connectivity index (χ0) is 14.8. The van der Waals surface area contributed by atoms with Gasteiger partial charge in [0.1, 0.15) is 0 Å². The predicted octanol–water partition coefficient (Wildman–Crippen LogP) is 4.66. The summed E-state index contributed by atoms with van der Waals surface area (Å²) < 4.78 is 6.02. The van der Waals surface area contributed by atoms with Gasteiger partial charge in [-0.25, -0.2) is 0 Å². The van der Waals surface area contributed by atoms with Crippen LogP contribution in [0, 0.1) is 11.3 Å². The Morgan fingerprint density at radius 2 is 1.95 bits per heavy atom. The fraction of sp³-hybridized carbons (Fsp3) is 0.647. The van der Waals surface area contributed by atoms with Crippen molar-refractivity contribution in [1.29, 1.82) is 0 Å². The largest absolute Gasteiger partial charge is 0.382 e. The molecule has 2 rings (SSSR count). The first kappa shape index (κ1) is 15.7. The third kappa shape index (κ3) is 3.50. The minimum Gasteiger partial charge on any atom is -0.382 e. The third-order valence-corrected chi connectivity index (χ3v) is 4.98. The Labute approximate surface area is 127 Å². The van der Waals surface area contributed by atoms with Gasteiger partial charge in [0.25, 0.3) is 0 Å². The third-order valence-electron chi connectivity index (χ3n) is 4.24. The van der Waals surface area contributed by atoms with Gasteiger partial charge < -0.3 is 10.1 Å². The Kier molecular flexibility index (Phi) is 5.03. The number of benzene rings is 1. The van der Waals surface area contributed by atoms with E-state index in [1.807, 2.05) is 0 Å². The van der Waals surface area contributed by atoms with E-state index >= 15 is 0 Å². The van der Waals surface area contributed by atoms with Gasteiger partial charge in [-0.05, 0) is 42.9 Å². The fourth-order valence-corrected chi connectivity index (χ4v) is 3.02. The van der Waals surface area contributed by atoms with E-state index < -0.39 is 0 Å². The molecule has 0 aliphatic heterocycles. The lowest BCUT2D eigenvalue weighted by Crippen LogP contribution is -2.58. The summed E-state index contributed by atoms with van der Waals surface area (Å²) in [5, 5.41) is 3.65. The van der Waals surface area contributed by atoms with Crippen LogP contribution in [-0.2, 0) is 4.74 Å². The van der Waals surface area contributed by atoms with E-state index in [9.17, 15) is 0 Å². The second-order valence-electron chi connectivity index (χ2n) is 6.70. The van der Waals surface area contributed by atoms with Gasteiger partial charge in [-0.2, -0.15) is 0 Å². The first-order valence-corrected chi connectivity index (χ1v) is 8.68. The molecular weight excluding hydrogens is 266 g/mol. The molecule has 0 spiro atoms. The highest BCUT2D eigenvalue weighted by Gasteiger charge is 2.49. The molecule has 2 nitrogen and oxygen atoms in total. The van der Waals surface area contributed by atoms with Crippen molar-refractivity contribution in [2.75, 3.05) is 18.2 Å². The number of hydrogen-bond acceptors (Lipinski definition) is 3. The van der Waals surface area contributed by atoms with E-state index in [1.54, 1.807) is 11.8 Å². The highest BCUT2D eigenvalue weighted by molar-refractivity contribution is 7.98. The van der Waals surface area contributed by atoms with Crippen LogP contribution in [0.1, 0.15) is 34.1 Å². The number of hydrogen-bond donors (Lipinski definition) is 1. The zero-order valence-electron chi connectivity index (χ0n) is 13.3. The molecule has 1 fully saturated rings. The van der Waals surface area contributed by atoms with E-state index in [1.165, 1.54) is 10.6 Å². The maximum atomic E-state index is 6.02. The van der Waals surface area contributed by atoms with Crippen LogP contribution < -0.4 is 5.32 Å². The van der Waals surface area contributed by atoms with Crippen molar-refractivity contribution in [3.05, 3.63) is 24.3 Å². The lowest BCUT2D eigenvalue weighted by molar-refractivity contribution is -0.108. The van der Waals surface area contributed by atoms with Crippen molar-refractivity contribution >= 4 is 17.4 Å². The maximum Gasteiger partial charge on any atom is 0.0665 e. The molecule has 1 aromatic carbocycles. The topological polar surface area (TPSA) is 21.3 Å². The number of ether oxygens (including phenoxy) is 1. The summed E-state index contributed by atoms with van der Waals surface area (Å²) in [5.41, 5.74) is 1.41. The minimum absolute atomic E-state index is 0.201. The first-order chi connectivity index (χ1) is 9.43. The quantitative estimate of drug-likeness (QED) is 0.771. The van der Waals surface area contributed by atoms with Gasteiger partial charge in [-0.15, -0.1) is 11.8 Å². The highest BCUT2D eigenvalue weighted by atomic mass is 32.2. The molecule has 2 unspecified atom stereocenters. The number of thioether (sulfide) groups is 1. The van der Waals surface area contributed by atoms with Crippen molar-refractivity contribution in [2.45, 2.75) is 51.2 Å². The lowest BCUT2D eigenvalue weighted by Gasteiger charge is -2.52. The van der Waals surface area contributed by atoms with Crippen molar-refractivity contribution in [2.24, 2.45) is 11.3 Å². The van der Waals surface area contributed by atoms with Gasteiger partial charge >= 0.3 is 0 Å². The Balaban J connectivity index is 1.88. The SMILES string of the molecule is CSc1ccc(NC2CC(OCC(C)C)C2(C)C)cc1. The summed E-state index contributed by atoms with van der Waals surface area (Å²) in [7, 11) is 0. The summed E-state index contributed by atoms with van der Waals surface area (Å²) >= 11 is 1.78. The van der Waals surface area contributed by atoms with Gasteiger partial charge in [0.2, 0.25) is 0 Å². The first-order valence-electron chi connectivity index (χ1n) is 7.45. The fourth-order valence-electron chi connectivity index (χ4n) is 2.61. The standard InChI is InChI=1S/C17H27NOS/c1-12(2)11-19-16-10-15(17(16,3)4)18-13-6-8-14(20-5)9-7-13/h6-9,12,15-16,18H,10-11H2,1-5H3. The molecule has 0 aromatic heterocycles. The van der Waals surface area contributed by atoms with Gasteiger partial charge in [-0.3, -0.25) is 0 Å². The molecule has 20 heavy (non-hydrogen) atoms. The molecule has 1 saturated carbocycles. The van der Waals surface area contributed by atoms with E-state index in [-0.39, 0.29) is 5.41 Å². The van der Waals surface area contributed by atoms with Gasteiger partial charge in [-0.1, -0.05) is 27.7 Å².